The highest BCUT2D eigenvalue weighted by molar-refractivity contribution is 5.93. The summed E-state index contributed by atoms with van der Waals surface area (Å²) in [6.45, 7) is 1.96. The van der Waals surface area contributed by atoms with Crippen molar-refractivity contribution in [3.05, 3.63) is 72.8 Å². The van der Waals surface area contributed by atoms with Gasteiger partial charge in [-0.2, -0.15) is 0 Å². The maximum atomic E-state index is 12.7. The first-order valence-corrected chi connectivity index (χ1v) is 10.8. The summed E-state index contributed by atoms with van der Waals surface area (Å²) in [6.07, 6.45) is 1.84. The fraction of sp³-hybridized carbons (Fsp3) is 0.231. The van der Waals surface area contributed by atoms with Gasteiger partial charge in [-0.05, 0) is 68.4 Å². The predicted octanol–water partition coefficient (Wildman–Crippen LogP) is 5.18. The molecule has 0 radical (unpaired) electrons. The topological polar surface area (TPSA) is 61.0 Å². The van der Waals surface area contributed by atoms with Crippen LogP contribution in [-0.4, -0.2) is 40.9 Å². The Balaban J connectivity index is 1.32. The molecule has 4 aromatic rings. The number of piperidine rings is 1. The molecule has 5 rings (SSSR count). The van der Waals surface area contributed by atoms with Gasteiger partial charge < -0.3 is 15.2 Å². The van der Waals surface area contributed by atoms with Gasteiger partial charge in [-0.3, -0.25) is 4.79 Å². The maximum absolute atomic E-state index is 12.7. The number of carbonyl (C=O) groups is 1. The third-order valence-electron chi connectivity index (χ3n) is 6.10. The lowest BCUT2D eigenvalue weighted by Crippen LogP contribution is -2.35. The van der Waals surface area contributed by atoms with Gasteiger partial charge in [-0.1, -0.05) is 48.5 Å². The van der Waals surface area contributed by atoms with E-state index in [1.165, 1.54) is 0 Å². The van der Waals surface area contributed by atoms with Gasteiger partial charge >= 0.3 is 0 Å². The van der Waals surface area contributed by atoms with E-state index in [9.17, 15) is 4.79 Å². The smallest absolute Gasteiger partial charge is 0.227 e. The van der Waals surface area contributed by atoms with Gasteiger partial charge in [-0.25, -0.2) is 4.98 Å². The second-order valence-corrected chi connectivity index (χ2v) is 8.33. The standard InChI is InChI=1S/C26H26N4O/c1-30-15-13-20(14-16-30)26(31)27-22-6-4-5-21(17-22)18-9-11-19(12-10-18)25-28-23-7-2-3-8-24(23)29-25/h2-12,17,20H,13-16H2,1H3,(H,27,31)(H,28,29). The number of hydrogen-bond donors (Lipinski definition) is 2. The number of fused-ring (bicyclic) bond motifs is 1. The molecule has 1 saturated heterocycles. The van der Waals surface area contributed by atoms with Crippen LogP contribution in [0.3, 0.4) is 0 Å². The van der Waals surface area contributed by atoms with Crippen molar-refractivity contribution in [1.29, 1.82) is 0 Å². The average molecular weight is 411 g/mol. The molecule has 1 aliphatic rings. The van der Waals surface area contributed by atoms with Crippen LogP contribution in [0.2, 0.25) is 0 Å². The molecule has 1 fully saturated rings. The zero-order valence-corrected chi connectivity index (χ0v) is 17.6. The molecule has 0 aliphatic carbocycles. The van der Waals surface area contributed by atoms with Gasteiger partial charge in [0.15, 0.2) is 0 Å². The van der Waals surface area contributed by atoms with Crippen LogP contribution >= 0.6 is 0 Å². The van der Waals surface area contributed by atoms with Crippen LogP contribution < -0.4 is 5.32 Å². The molecule has 0 bridgehead atoms. The highest BCUT2D eigenvalue weighted by atomic mass is 16.1. The van der Waals surface area contributed by atoms with E-state index in [1.807, 2.05) is 42.5 Å². The van der Waals surface area contributed by atoms with Crippen molar-refractivity contribution in [3.8, 4) is 22.5 Å². The largest absolute Gasteiger partial charge is 0.338 e. The molecule has 31 heavy (non-hydrogen) atoms. The fourth-order valence-electron chi connectivity index (χ4n) is 4.20. The Hall–Kier alpha value is -3.44. The van der Waals surface area contributed by atoms with Gasteiger partial charge in [0.2, 0.25) is 5.91 Å². The number of rotatable bonds is 4. The number of para-hydroxylation sites is 2. The molecule has 2 N–H and O–H groups in total. The van der Waals surface area contributed by atoms with E-state index >= 15 is 0 Å². The molecule has 0 saturated carbocycles. The van der Waals surface area contributed by atoms with Gasteiger partial charge in [0.25, 0.3) is 0 Å². The highest BCUT2D eigenvalue weighted by Gasteiger charge is 2.23. The van der Waals surface area contributed by atoms with Crippen molar-refractivity contribution in [2.45, 2.75) is 12.8 Å². The molecule has 1 aliphatic heterocycles. The van der Waals surface area contributed by atoms with Gasteiger partial charge in [0.1, 0.15) is 5.82 Å². The normalized spacial score (nSPS) is 15.3. The van der Waals surface area contributed by atoms with Crippen molar-refractivity contribution in [1.82, 2.24) is 14.9 Å². The van der Waals surface area contributed by atoms with Crippen LogP contribution in [0.15, 0.2) is 72.8 Å². The molecule has 0 unspecified atom stereocenters. The number of hydrogen-bond acceptors (Lipinski definition) is 3. The number of nitrogens with zero attached hydrogens (tertiary/aromatic N) is 2. The molecule has 5 heteroatoms. The third kappa shape index (κ3) is 4.23. The first kappa shape index (κ1) is 19.5. The average Bonchev–Trinajstić information content (AvgIpc) is 3.24. The number of benzene rings is 3. The van der Waals surface area contributed by atoms with Crippen molar-refractivity contribution >= 4 is 22.6 Å². The van der Waals surface area contributed by atoms with Crippen LogP contribution in [0.1, 0.15) is 12.8 Å². The van der Waals surface area contributed by atoms with Crippen molar-refractivity contribution in [2.75, 3.05) is 25.5 Å². The molecule has 156 valence electrons. The molecule has 1 aromatic heterocycles. The van der Waals surface area contributed by atoms with E-state index in [-0.39, 0.29) is 11.8 Å². The van der Waals surface area contributed by atoms with E-state index in [2.05, 4.69) is 57.6 Å². The first-order chi connectivity index (χ1) is 15.2. The monoisotopic (exact) mass is 410 g/mol. The minimum atomic E-state index is 0.1000. The minimum absolute atomic E-state index is 0.1000. The first-order valence-electron chi connectivity index (χ1n) is 10.8. The fourth-order valence-corrected chi connectivity index (χ4v) is 4.20. The van der Waals surface area contributed by atoms with E-state index < -0.39 is 0 Å². The van der Waals surface area contributed by atoms with E-state index in [4.69, 9.17) is 0 Å². The van der Waals surface area contributed by atoms with Crippen molar-refractivity contribution in [2.24, 2.45) is 5.92 Å². The number of nitrogens with one attached hydrogen (secondary N) is 2. The number of anilines is 1. The summed E-state index contributed by atoms with van der Waals surface area (Å²) in [4.78, 5) is 23.0. The second-order valence-electron chi connectivity index (χ2n) is 8.33. The number of H-pyrrole nitrogens is 1. The summed E-state index contributed by atoms with van der Waals surface area (Å²) in [5.74, 6) is 1.10. The molecule has 0 atom stereocenters. The quantitative estimate of drug-likeness (QED) is 0.487. The molecular weight excluding hydrogens is 384 g/mol. The van der Waals surface area contributed by atoms with Gasteiger partial charge in [0.05, 0.1) is 11.0 Å². The van der Waals surface area contributed by atoms with Crippen LogP contribution in [0, 0.1) is 5.92 Å². The lowest BCUT2D eigenvalue weighted by atomic mass is 9.96. The summed E-state index contributed by atoms with van der Waals surface area (Å²) in [6, 6.07) is 24.5. The van der Waals surface area contributed by atoms with Gasteiger partial charge in [-0.15, -0.1) is 0 Å². The van der Waals surface area contributed by atoms with E-state index in [0.29, 0.717) is 0 Å². The Bertz CT molecular complexity index is 1170. The summed E-state index contributed by atoms with van der Waals surface area (Å²) in [7, 11) is 2.11. The SMILES string of the molecule is CN1CCC(C(=O)Nc2cccc(-c3ccc(-c4nc5ccccc5[nH]4)cc3)c2)CC1. The highest BCUT2D eigenvalue weighted by Crippen LogP contribution is 2.27. The lowest BCUT2D eigenvalue weighted by Gasteiger charge is -2.28. The molecular formula is C26H26N4O. The van der Waals surface area contributed by atoms with E-state index in [0.717, 1.165) is 65.2 Å². The molecule has 1 amide bonds. The van der Waals surface area contributed by atoms with Crippen molar-refractivity contribution in [3.63, 3.8) is 0 Å². The number of aromatic amines is 1. The van der Waals surface area contributed by atoms with Crippen LogP contribution in [0.25, 0.3) is 33.5 Å². The Morgan fingerprint density at radius 1 is 0.935 bits per heavy atom. The summed E-state index contributed by atoms with van der Waals surface area (Å²) < 4.78 is 0. The van der Waals surface area contributed by atoms with Crippen LogP contribution in [0.5, 0.6) is 0 Å². The van der Waals surface area contributed by atoms with Crippen molar-refractivity contribution < 1.29 is 4.79 Å². The Kier molecular flexibility index (Phi) is 5.26. The van der Waals surface area contributed by atoms with Gasteiger partial charge in [0, 0.05) is 17.2 Å². The number of imidazole rings is 1. The molecule has 3 aromatic carbocycles. The Labute approximate surface area is 182 Å². The second kappa shape index (κ2) is 8.36. The maximum Gasteiger partial charge on any atom is 0.227 e. The Morgan fingerprint density at radius 2 is 1.68 bits per heavy atom. The summed E-state index contributed by atoms with van der Waals surface area (Å²) in [5.41, 5.74) is 6.09. The summed E-state index contributed by atoms with van der Waals surface area (Å²) in [5, 5.41) is 3.12. The minimum Gasteiger partial charge on any atom is -0.338 e. The summed E-state index contributed by atoms with van der Waals surface area (Å²) >= 11 is 0. The number of aromatic nitrogens is 2. The zero-order chi connectivity index (χ0) is 21.2. The van der Waals surface area contributed by atoms with E-state index in [1.54, 1.807) is 0 Å². The predicted molar refractivity (Wildman–Crippen MR) is 126 cm³/mol. The molecule has 2 heterocycles. The van der Waals surface area contributed by atoms with Crippen LogP contribution in [0.4, 0.5) is 5.69 Å². The number of amides is 1. The molecule has 0 spiro atoms. The lowest BCUT2D eigenvalue weighted by molar-refractivity contribution is -0.121. The molecule has 5 nitrogen and oxygen atoms in total. The number of likely N-dealkylation sites (tertiary alicyclic amines) is 1. The Morgan fingerprint density at radius 3 is 2.45 bits per heavy atom. The zero-order valence-electron chi connectivity index (χ0n) is 17.6. The third-order valence-corrected chi connectivity index (χ3v) is 6.10. The number of carbonyl (C=O) groups excluding carboxylic acids is 1. The van der Waals surface area contributed by atoms with Crippen LogP contribution in [-0.2, 0) is 4.79 Å².